The number of nitrogens with one attached hydrogen (secondary N) is 2. The summed E-state index contributed by atoms with van der Waals surface area (Å²) in [6, 6.07) is 25.5. The maximum absolute atomic E-state index is 13.9. The summed E-state index contributed by atoms with van der Waals surface area (Å²) in [7, 11) is 0. The van der Waals surface area contributed by atoms with E-state index < -0.39 is 17.0 Å². The van der Waals surface area contributed by atoms with Crippen LogP contribution < -0.4 is 10.6 Å². The average molecular weight is 490 g/mol. The first kappa shape index (κ1) is 24.4. The van der Waals surface area contributed by atoms with Gasteiger partial charge in [0.1, 0.15) is 5.82 Å². The monoisotopic (exact) mass is 489 g/mol. The van der Waals surface area contributed by atoms with E-state index in [2.05, 4.69) is 10.6 Å². The van der Waals surface area contributed by atoms with Gasteiger partial charge < -0.3 is 5.32 Å². The van der Waals surface area contributed by atoms with Gasteiger partial charge >= 0.3 is 0 Å². The molecule has 3 aromatic rings. The van der Waals surface area contributed by atoms with Crippen LogP contribution in [0.2, 0.25) is 0 Å². The molecule has 2 N–H and O–H groups in total. The van der Waals surface area contributed by atoms with Crippen LogP contribution in [0.1, 0.15) is 22.7 Å². The van der Waals surface area contributed by atoms with Gasteiger partial charge in [-0.1, -0.05) is 78.9 Å². The molecule has 1 saturated heterocycles. The minimum atomic E-state index is -0.496. The zero-order valence-electron chi connectivity index (χ0n) is 18.8. The number of amides is 3. The Hall–Kier alpha value is -3.75. The summed E-state index contributed by atoms with van der Waals surface area (Å²) in [5.41, 5.74) is 2.31. The average Bonchev–Trinajstić information content (AvgIpc) is 3.14. The molecule has 0 atom stereocenters. The van der Waals surface area contributed by atoms with E-state index in [4.69, 9.17) is 0 Å². The second kappa shape index (κ2) is 11.6. The highest BCUT2D eigenvalue weighted by Crippen LogP contribution is 2.32. The zero-order valence-corrected chi connectivity index (χ0v) is 19.6. The Balaban J connectivity index is 1.31. The van der Waals surface area contributed by atoms with Crippen molar-refractivity contribution in [1.29, 1.82) is 0 Å². The fraction of sp³-hybridized carbons (Fsp3) is 0.148. The van der Waals surface area contributed by atoms with Crippen LogP contribution in [0.5, 0.6) is 0 Å². The SMILES string of the molecule is O=C(CNC(c1ccccc1)c1ccccc1)NCCN1C(=O)S/C(=C\c2ccccc2F)C1=O. The van der Waals surface area contributed by atoms with E-state index >= 15 is 0 Å². The van der Waals surface area contributed by atoms with Gasteiger partial charge in [-0.25, -0.2) is 4.39 Å². The molecule has 6 nitrogen and oxygen atoms in total. The lowest BCUT2D eigenvalue weighted by Gasteiger charge is -2.20. The molecule has 3 aromatic carbocycles. The van der Waals surface area contributed by atoms with Crippen LogP contribution in [0.15, 0.2) is 89.8 Å². The third kappa shape index (κ3) is 6.23. The molecule has 35 heavy (non-hydrogen) atoms. The minimum absolute atomic E-state index is 0.0335. The van der Waals surface area contributed by atoms with E-state index in [1.165, 1.54) is 18.2 Å². The summed E-state index contributed by atoms with van der Waals surface area (Å²) in [5.74, 6) is -1.22. The van der Waals surface area contributed by atoms with E-state index in [0.717, 1.165) is 27.8 Å². The molecule has 3 amide bonds. The number of imide groups is 1. The number of benzene rings is 3. The van der Waals surface area contributed by atoms with Crippen molar-refractivity contribution < 1.29 is 18.8 Å². The first-order valence-corrected chi connectivity index (χ1v) is 11.9. The molecule has 0 aliphatic carbocycles. The molecule has 0 saturated carbocycles. The van der Waals surface area contributed by atoms with Crippen LogP contribution in [0.25, 0.3) is 6.08 Å². The number of hydrogen-bond acceptors (Lipinski definition) is 5. The van der Waals surface area contributed by atoms with Gasteiger partial charge in [0.25, 0.3) is 11.1 Å². The van der Waals surface area contributed by atoms with Crippen molar-refractivity contribution in [2.24, 2.45) is 0 Å². The first-order valence-electron chi connectivity index (χ1n) is 11.1. The number of thioether (sulfide) groups is 1. The van der Waals surface area contributed by atoms with Gasteiger partial charge in [0, 0.05) is 18.7 Å². The molecule has 1 aliphatic rings. The number of carbonyl (C=O) groups is 3. The largest absolute Gasteiger partial charge is 0.353 e. The Kier molecular flexibility index (Phi) is 8.07. The summed E-state index contributed by atoms with van der Waals surface area (Å²) in [4.78, 5) is 38.6. The van der Waals surface area contributed by atoms with E-state index in [1.54, 1.807) is 12.1 Å². The Bertz CT molecular complexity index is 1200. The van der Waals surface area contributed by atoms with Crippen LogP contribution >= 0.6 is 11.8 Å². The van der Waals surface area contributed by atoms with Gasteiger partial charge in [0.15, 0.2) is 0 Å². The topological polar surface area (TPSA) is 78.5 Å². The lowest BCUT2D eigenvalue weighted by atomic mass is 9.99. The van der Waals surface area contributed by atoms with Gasteiger partial charge in [0.2, 0.25) is 5.91 Å². The highest BCUT2D eigenvalue weighted by molar-refractivity contribution is 8.18. The van der Waals surface area contributed by atoms with Crippen LogP contribution in [0, 0.1) is 5.82 Å². The van der Waals surface area contributed by atoms with E-state index in [1.807, 2.05) is 60.7 Å². The summed E-state index contributed by atoms with van der Waals surface area (Å²) < 4.78 is 13.9. The summed E-state index contributed by atoms with van der Waals surface area (Å²) in [6.07, 6.45) is 1.37. The van der Waals surface area contributed by atoms with E-state index in [0.29, 0.717) is 0 Å². The molecular weight excluding hydrogens is 465 g/mol. The van der Waals surface area contributed by atoms with Crippen molar-refractivity contribution in [1.82, 2.24) is 15.5 Å². The summed E-state index contributed by atoms with van der Waals surface area (Å²) in [6.45, 7) is 0.211. The van der Waals surface area contributed by atoms with Crippen LogP contribution in [-0.4, -0.2) is 41.6 Å². The predicted molar refractivity (Wildman–Crippen MR) is 135 cm³/mol. The predicted octanol–water partition coefficient (Wildman–Crippen LogP) is 4.36. The highest BCUT2D eigenvalue weighted by Gasteiger charge is 2.34. The second-order valence-electron chi connectivity index (χ2n) is 7.84. The molecule has 0 aromatic heterocycles. The molecular formula is C27H24FN3O3S. The van der Waals surface area contributed by atoms with Gasteiger partial charge in [0.05, 0.1) is 17.5 Å². The van der Waals surface area contributed by atoms with Gasteiger partial charge in [-0.2, -0.15) is 0 Å². The molecule has 1 heterocycles. The number of halogens is 1. The number of hydrogen-bond donors (Lipinski definition) is 2. The Labute approximate surface area is 207 Å². The fourth-order valence-electron chi connectivity index (χ4n) is 3.71. The summed E-state index contributed by atoms with van der Waals surface area (Å²) in [5, 5.41) is 5.58. The smallest absolute Gasteiger partial charge is 0.293 e. The molecule has 4 rings (SSSR count). The lowest BCUT2D eigenvalue weighted by molar-refractivity contribution is -0.124. The zero-order chi connectivity index (χ0) is 24.6. The van der Waals surface area contributed by atoms with E-state index in [9.17, 15) is 18.8 Å². The maximum Gasteiger partial charge on any atom is 0.293 e. The standard InChI is InChI=1S/C27H24FN3O3S/c28-22-14-8-7-13-21(22)17-23-26(33)31(27(34)35-23)16-15-29-24(32)18-30-25(19-9-3-1-4-10-19)20-11-5-2-6-12-20/h1-14,17,25,30H,15-16,18H2,(H,29,32)/b23-17-. The third-order valence-corrected chi connectivity index (χ3v) is 6.36. The molecule has 0 spiro atoms. The Morgan fingerprint density at radius 1 is 0.914 bits per heavy atom. The van der Waals surface area contributed by atoms with Crippen molar-refractivity contribution in [3.05, 3.63) is 112 Å². The van der Waals surface area contributed by atoms with Gasteiger partial charge in [-0.15, -0.1) is 0 Å². The number of rotatable bonds is 9. The van der Waals surface area contributed by atoms with Gasteiger partial charge in [-0.05, 0) is 35.0 Å². The van der Waals surface area contributed by atoms with Crippen LogP contribution in [-0.2, 0) is 9.59 Å². The molecule has 178 valence electrons. The molecule has 0 radical (unpaired) electrons. The van der Waals surface area contributed by atoms with Crippen LogP contribution in [0.4, 0.5) is 9.18 Å². The Morgan fingerprint density at radius 3 is 2.14 bits per heavy atom. The number of carbonyl (C=O) groups excluding carboxylic acids is 3. The van der Waals surface area contributed by atoms with Crippen molar-refractivity contribution in [3.63, 3.8) is 0 Å². The fourth-order valence-corrected chi connectivity index (χ4v) is 4.57. The van der Waals surface area contributed by atoms with Gasteiger partial charge in [-0.3, -0.25) is 24.6 Å². The minimum Gasteiger partial charge on any atom is -0.353 e. The molecule has 0 bridgehead atoms. The molecule has 8 heteroatoms. The van der Waals surface area contributed by atoms with Crippen molar-refractivity contribution >= 4 is 34.9 Å². The normalized spacial score (nSPS) is 14.7. The Morgan fingerprint density at radius 2 is 1.51 bits per heavy atom. The van der Waals surface area contributed by atoms with E-state index in [-0.39, 0.29) is 42.1 Å². The third-order valence-electron chi connectivity index (χ3n) is 5.46. The second-order valence-corrected chi connectivity index (χ2v) is 8.83. The lowest BCUT2D eigenvalue weighted by Crippen LogP contribution is -2.41. The quantitative estimate of drug-likeness (QED) is 0.437. The maximum atomic E-state index is 13.9. The number of nitrogens with zero attached hydrogens (tertiary/aromatic N) is 1. The molecule has 1 fully saturated rings. The van der Waals surface area contributed by atoms with Crippen molar-refractivity contribution in [3.8, 4) is 0 Å². The van der Waals surface area contributed by atoms with Crippen LogP contribution in [0.3, 0.4) is 0 Å². The van der Waals surface area contributed by atoms with Crippen molar-refractivity contribution in [2.75, 3.05) is 19.6 Å². The molecule has 0 unspecified atom stereocenters. The highest BCUT2D eigenvalue weighted by atomic mass is 32.2. The molecule has 1 aliphatic heterocycles. The summed E-state index contributed by atoms with van der Waals surface area (Å²) >= 11 is 0.760. The van der Waals surface area contributed by atoms with Crippen molar-refractivity contribution in [2.45, 2.75) is 6.04 Å². The first-order chi connectivity index (χ1) is 17.0.